The Hall–Kier alpha value is -1.51. The van der Waals surface area contributed by atoms with E-state index in [2.05, 4.69) is 11.4 Å². The molecule has 1 amide bonds. The fourth-order valence-corrected chi connectivity index (χ4v) is 3.98. The fourth-order valence-electron chi connectivity index (χ4n) is 3.98. The van der Waals surface area contributed by atoms with Crippen molar-refractivity contribution in [2.45, 2.75) is 58.6 Å². The first-order chi connectivity index (χ1) is 10.0. The van der Waals surface area contributed by atoms with Gasteiger partial charge >= 0.3 is 0 Å². The molecule has 0 spiro atoms. The fraction of sp³-hybridized carbons (Fsp3) is 0.611. The van der Waals surface area contributed by atoms with E-state index in [9.17, 15) is 4.79 Å². The maximum absolute atomic E-state index is 12.3. The van der Waals surface area contributed by atoms with Crippen LogP contribution in [0.4, 0.5) is 0 Å². The van der Waals surface area contributed by atoms with E-state index in [4.69, 9.17) is 4.74 Å². The maximum atomic E-state index is 12.3. The van der Waals surface area contributed by atoms with Crippen molar-refractivity contribution in [3.8, 4) is 5.75 Å². The molecule has 114 valence electrons. The van der Waals surface area contributed by atoms with Gasteiger partial charge in [-0.05, 0) is 75.1 Å². The highest BCUT2D eigenvalue weighted by Gasteiger charge is 2.40. The molecule has 2 aliphatic rings. The van der Waals surface area contributed by atoms with Crippen LogP contribution in [0.1, 0.15) is 43.7 Å². The summed E-state index contributed by atoms with van der Waals surface area (Å²) < 4.78 is 5.82. The van der Waals surface area contributed by atoms with E-state index in [1.165, 1.54) is 19.3 Å². The van der Waals surface area contributed by atoms with E-state index in [1.807, 2.05) is 32.9 Å². The normalized spacial score (nSPS) is 28.4. The Morgan fingerprint density at radius 2 is 1.90 bits per heavy atom. The number of rotatable bonds is 4. The van der Waals surface area contributed by atoms with Crippen LogP contribution in [0.25, 0.3) is 0 Å². The zero-order valence-corrected chi connectivity index (χ0v) is 13.2. The molecule has 0 unspecified atom stereocenters. The van der Waals surface area contributed by atoms with Crippen molar-refractivity contribution >= 4 is 5.91 Å². The molecule has 3 rings (SSSR count). The van der Waals surface area contributed by atoms with Crippen LogP contribution in [0.2, 0.25) is 0 Å². The predicted molar refractivity (Wildman–Crippen MR) is 83.4 cm³/mol. The van der Waals surface area contributed by atoms with Crippen molar-refractivity contribution < 1.29 is 9.53 Å². The molecule has 3 heteroatoms. The highest BCUT2D eigenvalue weighted by atomic mass is 16.5. The highest BCUT2D eigenvalue weighted by Crippen LogP contribution is 2.44. The molecule has 0 aromatic heterocycles. The van der Waals surface area contributed by atoms with Crippen LogP contribution >= 0.6 is 0 Å². The molecule has 1 aromatic rings. The van der Waals surface area contributed by atoms with Gasteiger partial charge in [0.2, 0.25) is 0 Å². The average Bonchev–Trinajstić information content (AvgIpc) is 2.99. The summed E-state index contributed by atoms with van der Waals surface area (Å²) in [5, 5.41) is 3.20. The van der Waals surface area contributed by atoms with Gasteiger partial charge < -0.3 is 10.1 Å². The molecule has 0 saturated heterocycles. The Morgan fingerprint density at radius 1 is 1.19 bits per heavy atom. The van der Waals surface area contributed by atoms with Crippen LogP contribution in [0.3, 0.4) is 0 Å². The molecule has 21 heavy (non-hydrogen) atoms. The van der Waals surface area contributed by atoms with Gasteiger partial charge in [0.1, 0.15) is 5.75 Å². The summed E-state index contributed by atoms with van der Waals surface area (Å²) in [6.45, 7) is 5.92. The number of amides is 1. The van der Waals surface area contributed by atoms with E-state index < -0.39 is 6.10 Å². The Bertz CT molecular complexity index is 520. The van der Waals surface area contributed by atoms with E-state index in [0.717, 1.165) is 29.2 Å². The van der Waals surface area contributed by atoms with Crippen LogP contribution in [0, 0.1) is 25.7 Å². The third kappa shape index (κ3) is 3.22. The minimum atomic E-state index is -0.440. The average molecular weight is 287 g/mol. The second kappa shape index (κ2) is 5.70. The maximum Gasteiger partial charge on any atom is 0.261 e. The third-order valence-corrected chi connectivity index (χ3v) is 4.94. The van der Waals surface area contributed by atoms with Crippen LogP contribution < -0.4 is 10.1 Å². The zero-order valence-electron chi connectivity index (χ0n) is 13.2. The summed E-state index contributed by atoms with van der Waals surface area (Å²) in [6, 6.07) is 6.44. The van der Waals surface area contributed by atoms with E-state index in [-0.39, 0.29) is 5.91 Å². The lowest BCUT2D eigenvalue weighted by molar-refractivity contribution is -0.128. The van der Waals surface area contributed by atoms with Crippen molar-refractivity contribution in [3.05, 3.63) is 29.3 Å². The van der Waals surface area contributed by atoms with Crippen molar-refractivity contribution in [1.82, 2.24) is 5.32 Å². The number of carbonyl (C=O) groups excluding carboxylic acids is 1. The lowest BCUT2D eigenvalue weighted by Crippen LogP contribution is -2.44. The highest BCUT2D eigenvalue weighted by molar-refractivity contribution is 5.81. The molecular weight excluding hydrogens is 262 g/mol. The molecule has 1 N–H and O–H groups in total. The van der Waals surface area contributed by atoms with Crippen molar-refractivity contribution in [1.29, 1.82) is 0 Å². The molecule has 2 bridgehead atoms. The number of ether oxygens (including phenoxy) is 1. The van der Waals surface area contributed by atoms with Gasteiger partial charge in [0.05, 0.1) is 0 Å². The topological polar surface area (TPSA) is 38.3 Å². The molecular formula is C18H25NO2. The third-order valence-electron chi connectivity index (χ3n) is 4.94. The second-order valence-electron chi connectivity index (χ2n) is 6.87. The smallest absolute Gasteiger partial charge is 0.261 e. The number of carbonyl (C=O) groups is 1. The van der Waals surface area contributed by atoms with Gasteiger partial charge in [0.15, 0.2) is 6.10 Å². The SMILES string of the molecule is Cc1cc(C)cc(O[C@@H](C)C(=O)N[C@H]2C[C@H]3CC[C@H]2C3)c1. The lowest BCUT2D eigenvalue weighted by Gasteiger charge is -2.25. The van der Waals surface area contributed by atoms with E-state index in [0.29, 0.717) is 12.0 Å². The Balaban J connectivity index is 1.57. The summed E-state index contributed by atoms with van der Waals surface area (Å²) in [6.07, 6.45) is 4.66. The number of nitrogens with one attached hydrogen (secondary N) is 1. The van der Waals surface area contributed by atoms with Gasteiger partial charge in [0.25, 0.3) is 5.91 Å². The molecule has 2 aliphatic carbocycles. The molecule has 0 aliphatic heterocycles. The largest absolute Gasteiger partial charge is 0.481 e. The van der Waals surface area contributed by atoms with Gasteiger partial charge in [0, 0.05) is 6.04 Å². The van der Waals surface area contributed by atoms with Crippen LogP contribution in [0.15, 0.2) is 18.2 Å². The summed E-state index contributed by atoms with van der Waals surface area (Å²) in [7, 11) is 0. The molecule has 3 nitrogen and oxygen atoms in total. The van der Waals surface area contributed by atoms with Gasteiger partial charge in [-0.3, -0.25) is 4.79 Å². The molecule has 2 saturated carbocycles. The summed E-state index contributed by atoms with van der Waals surface area (Å²) in [5.41, 5.74) is 2.32. The standard InChI is InChI=1S/C18H25NO2/c1-11-6-12(2)8-16(7-11)21-13(3)18(20)19-17-10-14-4-5-15(17)9-14/h6-8,13-15,17H,4-5,9-10H2,1-3H3,(H,19,20)/t13-,14-,15-,17-/m0/s1. The lowest BCUT2D eigenvalue weighted by atomic mass is 9.95. The summed E-state index contributed by atoms with van der Waals surface area (Å²) in [4.78, 5) is 12.3. The molecule has 1 aromatic carbocycles. The number of fused-ring (bicyclic) bond motifs is 2. The Morgan fingerprint density at radius 3 is 2.48 bits per heavy atom. The zero-order chi connectivity index (χ0) is 15.0. The number of hydrogen-bond donors (Lipinski definition) is 1. The summed E-state index contributed by atoms with van der Waals surface area (Å²) in [5.74, 6) is 2.35. The first-order valence-corrected chi connectivity index (χ1v) is 8.06. The molecule has 4 atom stereocenters. The molecule has 0 heterocycles. The Kier molecular flexibility index (Phi) is 3.92. The quantitative estimate of drug-likeness (QED) is 0.922. The molecule has 0 radical (unpaired) electrons. The Labute approximate surface area is 127 Å². The number of aryl methyl sites for hydroxylation is 2. The monoisotopic (exact) mass is 287 g/mol. The van der Waals surface area contributed by atoms with Crippen molar-refractivity contribution in [2.24, 2.45) is 11.8 Å². The van der Waals surface area contributed by atoms with E-state index >= 15 is 0 Å². The van der Waals surface area contributed by atoms with Gasteiger partial charge in [-0.2, -0.15) is 0 Å². The van der Waals surface area contributed by atoms with Crippen LogP contribution in [0.5, 0.6) is 5.75 Å². The minimum absolute atomic E-state index is 0.0201. The van der Waals surface area contributed by atoms with Crippen LogP contribution in [-0.2, 0) is 4.79 Å². The summed E-state index contributed by atoms with van der Waals surface area (Å²) >= 11 is 0. The minimum Gasteiger partial charge on any atom is -0.481 e. The molecule has 2 fully saturated rings. The number of benzene rings is 1. The van der Waals surface area contributed by atoms with Gasteiger partial charge in [-0.15, -0.1) is 0 Å². The first kappa shape index (κ1) is 14.4. The first-order valence-electron chi connectivity index (χ1n) is 8.06. The number of hydrogen-bond acceptors (Lipinski definition) is 2. The van der Waals surface area contributed by atoms with Crippen molar-refractivity contribution in [3.63, 3.8) is 0 Å². The van der Waals surface area contributed by atoms with Gasteiger partial charge in [-0.1, -0.05) is 12.5 Å². The van der Waals surface area contributed by atoms with Crippen molar-refractivity contribution in [2.75, 3.05) is 0 Å². The van der Waals surface area contributed by atoms with Gasteiger partial charge in [-0.25, -0.2) is 0 Å². The predicted octanol–water partition coefficient (Wildman–Crippen LogP) is 3.38. The van der Waals surface area contributed by atoms with E-state index in [1.54, 1.807) is 0 Å². The van der Waals surface area contributed by atoms with Crippen LogP contribution in [-0.4, -0.2) is 18.1 Å². The second-order valence-corrected chi connectivity index (χ2v) is 6.87.